The van der Waals surface area contributed by atoms with Crippen LogP contribution in [0.15, 0.2) is 11.6 Å². The fraction of sp³-hybridized carbons (Fsp3) is 0.750. The van der Waals surface area contributed by atoms with Crippen LogP contribution in [0.1, 0.15) is 33.6 Å². The van der Waals surface area contributed by atoms with E-state index in [-0.39, 0.29) is 0 Å². The highest BCUT2D eigenvalue weighted by Gasteiger charge is 2.44. The van der Waals surface area contributed by atoms with E-state index in [0.717, 1.165) is 12.5 Å². The summed E-state index contributed by atoms with van der Waals surface area (Å²) >= 11 is 0. The molecule has 1 fully saturated rings. The smallest absolute Gasteiger partial charge is 0.330 e. The second-order valence-electron chi connectivity index (χ2n) is 4.84. The van der Waals surface area contributed by atoms with Gasteiger partial charge in [0.2, 0.25) is 0 Å². The molecular formula is C12H21NO2. The number of rotatable bonds is 6. The first-order chi connectivity index (χ1) is 6.98. The lowest BCUT2D eigenvalue weighted by Gasteiger charge is -2.19. The van der Waals surface area contributed by atoms with E-state index in [4.69, 9.17) is 5.11 Å². The molecule has 0 radical (unpaired) electrons. The number of carboxylic acids is 1. The van der Waals surface area contributed by atoms with Crippen LogP contribution in [-0.4, -0.2) is 24.2 Å². The fourth-order valence-electron chi connectivity index (χ4n) is 1.75. The van der Waals surface area contributed by atoms with Crippen LogP contribution in [0, 0.1) is 11.3 Å². The third-order valence-corrected chi connectivity index (χ3v) is 3.48. The van der Waals surface area contributed by atoms with Crippen molar-refractivity contribution in [1.29, 1.82) is 0 Å². The van der Waals surface area contributed by atoms with Crippen molar-refractivity contribution in [1.82, 2.24) is 5.32 Å². The van der Waals surface area contributed by atoms with Crippen LogP contribution in [0.3, 0.4) is 0 Å². The van der Waals surface area contributed by atoms with Crippen molar-refractivity contribution in [2.24, 2.45) is 11.3 Å². The number of hydrogen-bond donors (Lipinski definition) is 2. The Kier molecular flexibility index (Phi) is 3.91. The Balaban J connectivity index is 2.23. The van der Waals surface area contributed by atoms with E-state index in [9.17, 15) is 4.79 Å². The van der Waals surface area contributed by atoms with Gasteiger partial charge in [0.15, 0.2) is 0 Å². The number of nitrogens with one attached hydrogen (secondary N) is 1. The standard InChI is InChI=1S/C12H21NO2/c1-9(2)12(5-6-12)8-13-7-4-10(3)11(14)15/h4,9,13H,5-8H2,1-3H3,(H,14,15)/b10-4-. The van der Waals surface area contributed by atoms with Gasteiger partial charge in [-0.3, -0.25) is 0 Å². The molecule has 0 aliphatic heterocycles. The molecular weight excluding hydrogens is 190 g/mol. The van der Waals surface area contributed by atoms with Crippen molar-refractivity contribution in [3.05, 3.63) is 11.6 Å². The minimum absolute atomic E-state index is 0.414. The van der Waals surface area contributed by atoms with Gasteiger partial charge in [-0.25, -0.2) is 4.79 Å². The Morgan fingerprint density at radius 2 is 2.13 bits per heavy atom. The average Bonchev–Trinajstić information content (AvgIpc) is 2.92. The van der Waals surface area contributed by atoms with Crippen molar-refractivity contribution in [2.45, 2.75) is 33.6 Å². The molecule has 0 spiro atoms. The van der Waals surface area contributed by atoms with Crippen LogP contribution in [0.2, 0.25) is 0 Å². The summed E-state index contributed by atoms with van der Waals surface area (Å²) in [5, 5.41) is 12.0. The molecule has 3 heteroatoms. The number of carbonyl (C=O) groups is 1. The molecule has 0 saturated heterocycles. The topological polar surface area (TPSA) is 49.3 Å². The predicted octanol–water partition coefficient (Wildman–Crippen LogP) is 2.04. The predicted molar refractivity (Wildman–Crippen MR) is 60.8 cm³/mol. The third-order valence-electron chi connectivity index (χ3n) is 3.48. The Hall–Kier alpha value is -0.830. The molecule has 1 saturated carbocycles. The zero-order valence-electron chi connectivity index (χ0n) is 9.84. The zero-order chi connectivity index (χ0) is 11.5. The second kappa shape index (κ2) is 4.79. The van der Waals surface area contributed by atoms with Crippen LogP contribution < -0.4 is 5.32 Å². The molecule has 1 rings (SSSR count). The second-order valence-corrected chi connectivity index (χ2v) is 4.84. The highest BCUT2D eigenvalue weighted by molar-refractivity contribution is 5.85. The molecule has 1 aliphatic carbocycles. The quantitative estimate of drug-likeness (QED) is 0.522. The number of aliphatic carboxylic acids is 1. The summed E-state index contributed by atoms with van der Waals surface area (Å²) in [7, 11) is 0. The monoisotopic (exact) mass is 211 g/mol. The van der Waals surface area contributed by atoms with Gasteiger partial charge in [-0.05, 0) is 31.1 Å². The van der Waals surface area contributed by atoms with Gasteiger partial charge in [0.05, 0.1) is 0 Å². The first kappa shape index (κ1) is 12.2. The van der Waals surface area contributed by atoms with Gasteiger partial charge in [0, 0.05) is 18.7 Å². The lowest BCUT2D eigenvalue weighted by atomic mass is 9.92. The molecule has 0 aromatic rings. The fourth-order valence-corrected chi connectivity index (χ4v) is 1.75. The third kappa shape index (κ3) is 3.34. The van der Waals surface area contributed by atoms with Crippen LogP contribution >= 0.6 is 0 Å². The molecule has 0 unspecified atom stereocenters. The zero-order valence-corrected chi connectivity index (χ0v) is 9.84. The van der Waals surface area contributed by atoms with Gasteiger partial charge < -0.3 is 10.4 Å². The summed E-state index contributed by atoms with van der Waals surface area (Å²) < 4.78 is 0. The molecule has 0 atom stereocenters. The maximum atomic E-state index is 10.5. The van der Waals surface area contributed by atoms with E-state index in [2.05, 4.69) is 19.2 Å². The Labute approximate surface area is 91.6 Å². The van der Waals surface area contributed by atoms with Crippen molar-refractivity contribution >= 4 is 5.97 Å². The summed E-state index contributed by atoms with van der Waals surface area (Å²) in [6.45, 7) is 7.81. The lowest BCUT2D eigenvalue weighted by Crippen LogP contribution is -2.27. The molecule has 2 N–H and O–H groups in total. The highest BCUT2D eigenvalue weighted by atomic mass is 16.4. The molecule has 86 valence electrons. The normalized spacial score (nSPS) is 19.3. The van der Waals surface area contributed by atoms with Gasteiger partial charge in [-0.15, -0.1) is 0 Å². The first-order valence-electron chi connectivity index (χ1n) is 5.59. The van der Waals surface area contributed by atoms with Gasteiger partial charge in [0.1, 0.15) is 0 Å². The van der Waals surface area contributed by atoms with Crippen LogP contribution in [0.4, 0.5) is 0 Å². The molecule has 15 heavy (non-hydrogen) atoms. The van der Waals surface area contributed by atoms with E-state index in [1.165, 1.54) is 12.8 Å². The molecule has 0 bridgehead atoms. The summed E-state index contributed by atoms with van der Waals surface area (Å²) in [5.74, 6) is -0.114. The largest absolute Gasteiger partial charge is 0.478 e. The maximum Gasteiger partial charge on any atom is 0.330 e. The molecule has 0 aromatic heterocycles. The van der Waals surface area contributed by atoms with Crippen molar-refractivity contribution in [3.63, 3.8) is 0 Å². The summed E-state index contributed by atoms with van der Waals surface area (Å²) in [6, 6.07) is 0. The van der Waals surface area contributed by atoms with Crippen LogP contribution in [-0.2, 0) is 4.79 Å². The maximum absolute atomic E-state index is 10.5. The Morgan fingerprint density at radius 3 is 2.53 bits per heavy atom. The van der Waals surface area contributed by atoms with Crippen molar-refractivity contribution in [3.8, 4) is 0 Å². The highest BCUT2D eigenvalue weighted by Crippen LogP contribution is 2.51. The van der Waals surface area contributed by atoms with Gasteiger partial charge in [-0.2, -0.15) is 0 Å². The summed E-state index contributed by atoms with van der Waals surface area (Å²) in [5.41, 5.74) is 0.905. The first-order valence-corrected chi connectivity index (χ1v) is 5.59. The van der Waals surface area contributed by atoms with Gasteiger partial charge in [-0.1, -0.05) is 19.9 Å². The molecule has 3 nitrogen and oxygen atoms in total. The molecule has 0 aromatic carbocycles. The molecule has 0 amide bonds. The lowest BCUT2D eigenvalue weighted by molar-refractivity contribution is -0.132. The van der Waals surface area contributed by atoms with E-state index >= 15 is 0 Å². The van der Waals surface area contributed by atoms with Gasteiger partial charge in [0.25, 0.3) is 0 Å². The number of hydrogen-bond acceptors (Lipinski definition) is 2. The summed E-state index contributed by atoms with van der Waals surface area (Å²) in [6.07, 6.45) is 4.34. The van der Waals surface area contributed by atoms with Gasteiger partial charge >= 0.3 is 5.97 Å². The van der Waals surface area contributed by atoms with E-state index in [0.29, 0.717) is 17.5 Å². The minimum Gasteiger partial charge on any atom is -0.478 e. The average molecular weight is 211 g/mol. The Morgan fingerprint density at radius 1 is 1.53 bits per heavy atom. The van der Waals surface area contributed by atoms with Crippen molar-refractivity contribution < 1.29 is 9.90 Å². The van der Waals surface area contributed by atoms with Crippen molar-refractivity contribution in [2.75, 3.05) is 13.1 Å². The minimum atomic E-state index is -0.832. The van der Waals surface area contributed by atoms with Crippen LogP contribution in [0.5, 0.6) is 0 Å². The van der Waals surface area contributed by atoms with E-state index in [1.54, 1.807) is 13.0 Å². The number of carboxylic acid groups (broad SMARTS) is 1. The van der Waals surface area contributed by atoms with E-state index < -0.39 is 5.97 Å². The van der Waals surface area contributed by atoms with E-state index in [1.807, 2.05) is 0 Å². The SMILES string of the molecule is C/C(=C/CNCC1(C(C)C)CC1)C(=O)O. The summed E-state index contributed by atoms with van der Waals surface area (Å²) in [4.78, 5) is 10.5. The van der Waals surface area contributed by atoms with Crippen LogP contribution in [0.25, 0.3) is 0 Å². The Bertz CT molecular complexity index is 265. The molecule has 1 aliphatic rings. The molecule has 0 heterocycles.